The molecule has 2 saturated heterocycles. The summed E-state index contributed by atoms with van der Waals surface area (Å²) in [5.41, 5.74) is 0.394. The molecule has 2 fully saturated rings. The standard InChI is InChI=1S/C30H31Cl2F3N4O4S/c1-2-43-25-17-21(29(33,34)35)7-12-24(25)30(44(41,42)16-15-39-14-13-36-26(40)18-39)37-27(19-3-8-22(31)9-4-19)28(38-30)20-5-10-23(32)11-6-20/h3-12,17,27-28,37-38H,2,13-16,18H2,1H3,(H,36,40). The Morgan fingerprint density at radius 2 is 1.52 bits per heavy atom. The SMILES string of the molecule is CCOc1cc(C(F)(F)F)ccc1C1(S(=O)(=O)CCN2CCNC(=O)C2)NC(c2ccc(Cl)cc2)C(c2ccc(Cl)cc2)N1. The van der Waals surface area contributed by atoms with Gasteiger partial charge in [-0.05, 0) is 54.4 Å². The van der Waals surface area contributed by atoms with Gasteiger partial charge in [0, 0.05) is 35.2 Å². The van der Waals surface area contributed by atoms with Gasteiger partial charge >= 0.3 is 6.18 Å². The largest absolute Gasteiger partial charge is 0.493 e. The number of sulfone groups is 1. The summed E-state index contributed by atoms with van der Waals surface area (Å²) < 4.78 is 76.2. The summed E-state index contributed by atoms with van der Waals surface area (Å²) in [5.74, 6) is -0.851. The molecule has 0 saturated carbocycles. The fourth-order valence-corrected chi connectivity index (χ4v) is 7.76. The van der Waals surface area contributed by atoms with Crippen LogP contribution in [-0.4, -0.2) is 57.8 Å². The summed E-state index contributed by atoms with van der Waals surface area (Å²) in [4.78, 5) is 11.6. The maximum Gasteiger partial charge on any atom is 0.416 e. The van der Waals surface area contributed by atoms with Crippen molar-refractivity contribution < 1.29 is 31.1 Å². The van der Waals surface area contributed by atoms with Crippen LogP contribution in [0, 0.1) is 0 Å². The van der Waals surface area contributed by atoms with Crippen molar-refractivity contribution in [2.24, 2.45) is 0 Å². The van der Waals surface area contributed by atoms with Gasteiger partial charge in [-0.1, -0.05) is 53.5 Å². The first-order valence-electron chi connectivity index (χ1n) is 13.9. The van der Waals surface area contributed by atoms with Crippen LogP contribution in [0.1, 0.15) is 41.3 Å². The van der Waals surface area contributed by atoms with Gasteiger partial charge in [0.05, 0.1) is 36.6 Å². The first-order valence-corrected chi connectivity index (χ1v) is 16.4. The monoisotopic (exact) mass is 670 g/mol. The number of benzene rings is 3. The van der Waals surface area contributed by atoms with E-state index in [9.17, 15) is 26.4 Å². The van der Waals surface area contributed by atoms with Crippen LogP contribution in [0.4, 0.5) is 13.2 Å². The number of nitrogens with zero attached hydrogens (tertiary/aromatic N) is 1. The lowest BCUT2D eigenvalue weighted by Crippen LogP contribution is -2.56. The molecule has 3 aromatic carbocycles. The van der Waals surface area contributed by atoms with E-state index in [1.807, 2.05) is 0 Å². The number of ether oxygens (including phenoxy) is 1. The molecule has 0 spiro atoms. The highest BCUT2D eigenvalue weighted by Crippen LogP contribution is 2.47. The average Bonchev–Trinajstić information content (AvgIpc) is 3.39. The predicted octanol–water partition coefficient (Wildman–Crippen LogP) is 5.04. The van der Waals surface area contributed by atoms with Crippen molar-refractivity contribution in [1.82, 2.24) is 20.9 Å². The van der Waals surface area contributed by atoms with Crippen molar-refractivity contribution in [3.05, 3.63) is 99.0 Å². The molecule has 2 aliphatic rings. The summed E-state index contributed by atoms with van der Waals surface area (Å²) in [7, 11) is -4.29. The number of amides is 1. The average molecular weight is 672 g/mol. The molecule has 2 atom stereocenters. The Balaban J connectivity index is 1.67. The van der Waals surface area contributed by atoms with E-state index in [-0.39, 0.29) is 36.9 Å². The fraction of sp³-hybridized carbons (Fsp3) is 0.367. The van der Waals surface area contributed by atoms with Crippen LogP contribution in [0.3, 0.4) is 0 Å². The van der Waals surface area contributed by atoms with Crippen LogP contribution >= 0.6 is 23.2 Å². The van der Waals surface area contributed by atoms with Crippen molar-refractivity contribution >= 4 is 38.9 Å². The normalized spacial score (nSPS) is 23.0. The number of alkyl halides is 3. The second-order valence-corrected chi connectivity index (χ2v) is 13.7. The maximum atomic E-state index is 14.6. The van der Waals surface area contributed by atoms with Gasteiger partial charge in [-0.3, -0.25) is 20.3 Å². The van der Waals surface area contributed by atoms with Crippen molar-refractivity contribution in [3.8, 4) is 5.75 Å². The molecule has 0 aromatic heterocycles. The Labute approximate surface area is 263 Å². The van der Waals surface area contributed by atoms with Crippen molar-refractivity contribution in [2.45, 2.75) is 30.2 Å². The molecule has 1 amide bonds. The molecule has 8 nitrogen and oxygen atoms in total. The second-order valence-electron chi connectivity index (χ2n) is 10.6. The van der Waals surface area contributed by atoms with Gasteiger partial charge in [-0.25, -0.2) is 8.42 Å². The van der Waals surface area contributed by atoms with E-state index in [1.165, 1.54) is 0 Å². The Morgan fingerprint density at radius 1 is 0.955 bits per heavy atom. The number of piperazine rings is 1. The van der Waals surface area contributed by atoms with E-state index < -0.39 is 44.4 Å². The minimum Gasteiger partial charge on any atom is -0.493 e. The summed E-state index contributed by atoms with van der Waals surface area (Å²) in [6, 6.07) is 15.2. The van der Waals surface area contributed by atoms with Crippen LogP contribution in [0.15, 0.2) is 66.7 Å². The third-order valence-electron chi connectivity index (χ3n) is 7.76. The van der Waals surface area contributed by atoms with Gasteiger partial charge in [0.25, 0.3) is 0 Å². The van der Waals surface area contributed by atoms with E-state index in [1.54, 1.807) is 60.4 Å². The van der Waals surface area contributed by atoms with Gasteiger partial charge in [0.2, 0.25) is 10.9 Å². The third-order valence-corrected chi connectivity index (χ3v) is 10.4. The Kier molecular flexibility index (Phi) is 9.50. The maximum absolute atomic E-state index is 14.6. The summed E-state index contributed by atoms with van der Waals surface area (Å²) in [6.07, 6.45) is -4.68. The van der Waals surface area contributed by atoms with E-state index >= 15 is 0 Å². The number of hydrogen-bond donors (Lipinski definition) is 3. The molecule has 2 heterocycles. The highest BCUT2D eigenvalue weighted by atomic mass is 35.5. The van der Waals surface area contributed by atoms with Gasteiger partial charge in [0.15, 0.2) is 9.84 Å². The fourth-order valence-electron chi connectivity index (χ4n) is 5.59. The zero-order valence-corrected chi connectivity index (χ0v) is 26.0. The van der Waals surface area contributed by atoms with E-state index in [0.717, 1.165) is 18.2 Å². The Hall–Kier alpha value is -2.87. The Morgan fingerprint density at radius 3 is 2.02 bits per heavy atom. The molecule has 3 N–H and O–H groups in total. The van der Waals surface area contributed by atoms with Crippen molar-refractivity contribution in [2.75, 3.05) is 38.5 Å². The summed E-state index contributed by atoms with van der Waals surface area (Å²) in [5, 5.41) is 10.2. The smallest absolute Gasteiger partial charge is 0.416 e. The van der Waals surface area contributed by atoms with E-state index in [0.29, 0.717) is 34.3 Å². The first-order chi connectivity index (χ1) is 20.8. The molecule has 3 aromatic rings. The number of carbonyl (C=O) groups excluding carboxylic acids is 1. The van der Waals surface area contributed by atoms with Gasteiger partial charge < -0.3 is 10.1 Å². The Bertz CT molecular complexity index is 1550. The van der Waals surface area contributed by atoms with Crippen LogP contribution in [0.2, 0.25) is 10.0 Å². The minimum atomic E-state index is -4.68. The topological polar surface area (TPSA) is 99.8 Å². The molecular weight excluding hydrogens is 640 g/mol. The molecule has 2 unspecified atom stereocenters. The van der Waals surface area contributed by atoms with Crippen molar-refractivity contribution in [3.63, 3.8) is 0 Å². The van der Waals surface area contributed by atoms with E-state index in [4.69, 9.17) is 27.9 Å². The molecular formula is C30H31Cl2F3N4O4S. The molecule has 0 radical (unpaired) electrons. The molecule has 0 aliphatic carbocycles. The number of halogens is 5. The van der Waals surface area contributed by atoms with Crippen LogP contribution in [0.25, 0.3) is 0 Å². The zero-order chi connectivity index (χ0) is 31.7. The number of rotatable bonds is 9. The van der Waals surface area contributed by atoms with Gasteiger partial charge in [-0.2, -0.15) is 13.2 Å². The van der Waals surface area contributed by atoms with Gasteiger partial charge in [0.1, 0.15) is 5.75 Å². The molecule has 14 heteroatoms. The zero-order valence-electron chi connectivity index (χ0n) is 23.6. The molecule has 5 rings (SSSR count). The molecule has 0 bridgehead atoms. The second kappa shape index (κ2) is 12.9. The van der Waals surface area contributed by atoms with Crippen LogP contribution in [-0.2, 0) is 25.8 Å². The van der Waals surface area contributed by atoms with E-state index in [2.05, 4.69) is 16.0 Å². The lowest BCUT2D eigenvalue weighted by atomic mass is 9.95. The predicted molar refractivity (Wildman–Crippen MR) is 162 cm³/mol. The lowest BCUT2D eigenvalue weighted by molar-refractivity contribution is -0.137. The molecule has 236 valence electrons. The molecule has 44 heavy (non-hydrogen) atoms. The first kappa shape index (κ1) is 32.5. The lowest BCUT2D eigenvalue weighted by Gasteiger charge is -2.34. The summed E-state index contributed by atoms with van der Waals surface area (Å²) in [6.45, 7) is 2.51. The quantitative estimate of drug-likeness (QED) is 0.293. The summed E-state index contributed by atoms with van der Waals surface area (Å²) >= 11 is 12.3. The number of nitrogens with one attached hydrogen (secondary N) is 3. The highest BCUT2D eigenvalue weighted by molar-refractivity contribution is 7.92. The number of carbonyl (C=O) groups is 1. The van der Waals surface area contributed by atoms with Crippen LogP contribution in [0.5, 0.6) is 5.75 Å². The third kappa shape index (κ3) is 6.70. The number of hydrogen-bond acceptors (Lipinski definition) is 7. The van der Waals surface area contributed by atoms with Crippen molar-refractivity contribution in [1.29, 1.82) is 0 Å². The van der Waals surface area contributed by atoms with Gasteiger partial charge in [-0.15, -0.1) is 0 Å². The molecule has 2 aliphatic heterocycles. The van der Waals surface area contributed by atoms with Crippen LogP contribution < -0.4 is 20.7 Å². The highest BCUT2D eigenvalue weighted by Gasteiger charge is 2.56. The minimum absolute atomic E-state index is 0.00540.